The molecule has 2 aliphatic carbocycles. The van der Waals surface area contributed by atoms with E-state index in [4.69, 9.17) is 29.8 Å². The van der Waals surface area contributed by atoms with Gasteiger partial charge in [-0.1, -0.05) is 0 Å². The van der Waals surface area contributed by atoms with Gasteiger partial charge in [-0.05, 0) is 120 Å². The zero-order valence-electron chi connectivity index (χ0n) is 44.3. The molecule has 4 saturated heterocycles. The quantitative estimate of drug-likeness (QED) is 0.0913. The second-order valence-electron chi connectivity index (χ2n) is 21.0. The fourth-order valence-corrected chi connectivity index (χ4v) is 10.9. The summed E-state index contributed by atoms with van der Waals surface area (Å²) in [5, 5.41) is 10.9. The van der Waals surface area contributed by atoms with E-state index in [1.54, 1.807) is 30.6 Å². The molecule has 20 nitrogen and oxygen atoms in total. The molecule has 13 rings (SSSR count). The lowest BCUT2D eigenvalue weighted by Gasteiger charge is -2.41. The topological polar surface area (TPSA) is 247 Å². The molecule has 7 aromatic rings. The fourth-order valence-electron chi connectivity index (χ4n) is 10.4. The smallest absolute Gasteiger partial charge is 0.341 e. The fraction of sp³-hybridized carbons (Fsp3) is 0.396. The van der Waals surface area contributed by atoms with E-state index >= 15 is 4.39 Å². The van der Waals surface area contributed by atoms with Crippen molar-refractivity contribution in [2.24, 2.45) is 5.73 Å². The predicted octanol–water partition coefficient (Wildman–Crippen LogP) is 9.02. The van der Waals surface area contributed by atoms with Gasteiger partial charge in [0.15, 0.2) is 22.8 Å². The molecule has 0 radical (unpaired) electrons. The van der Waals surface area contributed by atoms with Gasteiger partial charge in [0.2, 0.25) is 11.6 Å². The summed E-state index contributed by atoms with van der Waals surface area (Å²) in [6.45, 7) is 3.35. The molecule has 2 saturated carbocycles. The van der Waals surface area contributed by atoms with Crippen molar-refractivity contribution in [3.63, 3.8) is 0 Å². The number of ether oxygens (including phenoxy) is 4. The van der Waals surface area contributed by atoms with Crippen molar-refractivity contribution >= 4 is 50.7 Å². The number of imidazole rings is 2. The number of hydrogen-bond donors (Lipinski definition) is 3. The number of nitrogens with one attached hydrogen (secondary N) is 1. The molecule has 11 heterocycles. The molecule has 6 fully saturated rings. The molecular formula is C53H52BrF8N9O11. The van der Waals surface area contributed by atoms with Crippen molar-refractivity contribution in [2.75, 3.05) is 18.5 Å². The summed E-state index contributed by atoms with van der Waals surface area (Å²) in [6, 6.07) is 6.60. The number of pyridine rings is 5. The number of rotatable bonds is 13. The number of nitrogens with two attached hydrogens (primary N) is 1. The number of amides is 2. The van der Waals surface area contributed by atoms with Gasteiger partial charge in [0.05, 0.1) is 52.5 Å². The van der Waals surface area contributed by atoms with E-state index in [9.17, 15) is 59.5 Å². The highest BCUT2D eigenvalue weighted by Gasteiger charge is 2.62. The number of primary amides is 1. The van der Waals surface area contributed by atoms with Gasteiger partial charge in [0, 0.05) is 54.2 Å². The summed E-state index contributed by atoms with van der Waals surface area (Å²) >= 11 is 3.38. The Morgan fingerprint density at radius 1 is 0.646 bits per heavy atom. The summed E-state index contributed by atoms with van der Waals surface area (Å²) in [6.07, 6.45) is 12.4. The average Bonchev–Trinajstić information content (AvgIpc) is 3.26. The number of aromatic carboxylic acids is 1. The number of halogens is 9. The summed E-state index contributed by atoms with van der Waals surface area (Å²) in [5.74, 6) is -4.74. The Balaban J connectivity index is 0.000000157. The number of alkyl halides is 6. The van der Waals surface area contributed by atoms with Crippen LogP contribution in [0.2, 0.25) is 0 Å². The highest BCUT2D eigenvalue weighted by molar-refractivity contribution is 9.10. The molecule has 0 atom stereocenters. The van der Waals surface area contributed by atoms with Crippen LogP contribution in [0.5, 0.6) is 11.5 Å². The van der Waals surface area contributed by atoms with E-state index in [1.807, 2.05) is 27.0 Å². The first-order valence-corrected chi connectivity index (χ1v) is 25.7. The Kier molecular flexibility index (Phi) is 16.7. The summed E-state index contributed by atoms with van der Waals surface area (Å²) in [5.41, 5.74) is 1.08. The van der Waals surface area contributed by atoms with Crippen LogP contribution in [0.1, 0.15) is 129 Å². The van der Waals surface area contributed by atoms with E-state index in [0.29, 0.717) is 29.0 Å². The second-order valence-corrected chi connectivity index (χ2v) is 21.8. The van der Waals surface area contributed by atoms with Gasteiger partial charge in [-0.3, -0.25) is 37.7 Å². The van der Waals surface area contributed by atoms with Gasteiger partial charge in [-0.15, -0.1) is 0 Å². The van der Waals surface area contributed by atoms with Crippen molar-refractivity contribution in [1.29, 1.82) is 0 Å². The molecular weight excluding hydrogens is 1170 g/mol. The SMILES string of the molecule is CC(C)Oc1c(Br)cn2cc(C34COC(C)(C3)C4)nc2c1F.CC(C)Oc1c(NC(=O)c2cccn(C(F)F)c2=O)cn2cc(C34COC(C)(C3)C4)nc2c1F.NC(=O)c1cccn(C(F)F)c1=O.O=C(O)c1cccn(C(F)F)c1=O. The third kappa shape index (κ3) is 11.7. The van der Waals surface area contributed by atoms with Gasteiger partial charge in [0.25, 0.3) is 28.5 Å². The second kappa shape index (κ2) is 22.8. The number of carboxylic acids is 1. The van der Waals surface area contributed by atoms with Gasteiger partial charge in [-0.2, -0.15) is 35.1 Å². The molecule has 4 bridgehead atoms. The third-order valence-corrected chi connectivity index (χ3v) is 14.4. The number of fused-ring (bicyclic) bond motifs is 4. The lowest BCUT2D eigenvalue weighted by molar-refractivity contribution is 0.0151. The summed E-state index contributed by atoms with van der Waals surface area (Å²) in [7, 11) is 0. The summed E-state index contributed by atoms with van der Waals surface area (Å²) < 4.78 is 132. The zero-order valence-corrected chi connectivity index (χ0v) is 45.9. The highest BCUT2D eigenvalue weighted by atomic mass is 79.9. The van der Waals surface area contributed by atoms with Crippen molar-refractivity contribution in [3.8, 4) is 11.5 Å². The molecule has 29 heteroatoms. The monoisotopic (exact) mass is 1220 g/mol. The van der Waals surface area contributed by atoms with Crippen LogP contribution < -0.4 is 37.2 Å². The number of carbonyl (C=O) groups is 3. The maximum Gasteiger partial charge on any atom is 0.341 e. The normalized spacial score (nSPS) is 21.1. The van der Waals surface area contributed by atoms with E-state index in [0.717, 1.165) is 86.4 Å². The van der Waals surface area contributed by atoms with Gasteiger partial charge >= 0.3 is 25.6 Å². The van der Waals surface area contributed by atoms with Crippen molar-refractivity contribution < 1.29 is 73.6 Å². The molecule has 2 amide bonds. The number of nitrogens with zero attached hydrogens (tertiary/aromatic N) is 7. The van der Waals surface area contributed by atoms with Crippen LogP contribution in [-0.2, 0) is 20.3 Å². The molecule has 6 aliphatic rings. The minimum absolute atomic E-state index is 0.0131. The van der Waals surface area contributed by atoms with Gasteiger partial charge in [-0.25, -0.2) is 14.8 Å². The standard InChI is InChI=1S/C23H23F3N4O4.C16H18BrFN2O2.C7H6F2N2O2.C7H5F2NO3/c1-12(2)34-17-14(27-19(31)13-5-4-6-30(20(13)32)21(25)26)7-29-8-15(28-18(29)16(17)24)23-9-22(3,10-23)33-11-23;1-9(2)22-13-10(17)4-20-5-11(19-14(20)12(13)18)16-6-15(3,7-16)21-8-16;8-7(9)11-3-1-2-4(5(10)12)6(11)13;8-7(9)10-3-1-2-4(5(10)11)6(12)13/h4-8,12,21H,9-11H2,1-3H3,(H,27,31);4-5,9H,6-8H2,1-3H3;1-3,7H,(H2,10,12);1-3,7H,(H,12,13). The maximum absolute atomic E-state index is 15.5. The minimum Gasteiger partial charge on any atom is -0.487 e. The number of hydrogen-bond acceptors (Lipinski definition) is 12. The predicted molar refractivity (Wildman–Crippen MR) is 279 cm³/mol. The van der Waals surface area contributed by atoms with Crippen molar-refractivity contribution in [1.82, 2.24) is 32.5 Å². The number of carbonyl (C=O) groups excluding carboxylic acids is 2. The van der Waals surface area contributed by atoms with Gasteiger partial charge < -0.3 is 43.9 Å². The van der Waals surface area contributed by atoms with Crippen LogP contribution in [0, 0.1) is 11.6 Å². The largest absolute Gasteiger partial charge is 0.487 e. The van der Waals surface area contributed by atoms with E-state index < -0.39 is 88.5 Å². The number of aromatic nitrogens is 7. The molecule has 0 aromatic carbocycles. The van der Waals surface area contributed by atoms with E-state index in [-0.39, 0.29) is 64.7 Å². The third-order valence-electron chi connectivity index (χ3n) is 13.8. The van der Waals surface area contributed by atoms with Crippen LogP contribution in [0.3, 0.4) is 0 Å². The van der Waals surface area contributed by atoms with Crippen LogP contribution in [0.25, 0.3) is 11.3 Å². The first kappa shape index (κ1) is 60.2. The molecule has 0 unspecified atom stereocenters. The lowest BCUT2D eigenvalue weighted by atomic mass is 9.62. The van der Waals surface area contributed by atoms with Crippen LogP contribution in [-0.4, -0.2) is 92.0 Å². The minimum atomic E-state index is -3.11. The molecule has 4 N–H and O–H groups in total. The molecule has 438 valence electrons. The molecule has 82 heavy (non-hydrogen) atoms. The average molecular weight is 1220 g/mol. The Morgan fingerprint density at radius 3 is 1.44 bits per heavy atom. The first-order valence-electron chi connectivity index (χ1n) is 24.9. The number of carboxylic acid groups (broad SMARTS) is 1. The first-order chi connectivity index (χ1) is 38.4. The zero-order chi connectivity index (χ0) is 60.1. The molecule has 4 aliphatic heterocycles. The van der Waals surface area contributed by atoms with E-state index in [1.165, 1.54) is 10.6 Å². The Labute approximate surface area is 467 Å². The Hall–Kier alpha value is -7.92. The van der Waals surface area contributed by atoms with Crippen LogP contribution >= 0.6 is 15.9 Å². The van der Waals surface area contributed by atoms with Crippen molar-refractivity contribution in [2.45, 2.75) is 121 Å². The molecule has 7 aromatic heterocycles. The van der Waals surface area contributed by atoms with E-state index in [2.05, 4.69) is 38.1 Å². The maximum atomic E-state index is 15.5. The highest BCUT2D eigenvalue weighted by Crippen LogP contribution is 2.59. The van der Waals surface area contributed by atoms with Crippen LogP contribution in [0.4, 0.5) is 40.8 Å². The van der Waals surface area contributed by atoms with Crippen LogP contribution in [0.15, 0.2) is 98.6 Å². The molecule has 0 spiro atoms. The Morgan fingerprint density at radius 2 is 1.04 bits per heavy atom. The number of anilines is 1. The lowest BCUT2D eigenvalue weighted by Crippen LogP contribution is -2.45. The van der Waals surface area contributed by atoms with Crippen molar-refractivity contribution in [3.05, 3.63) is 155 Å². The summed E-state index contributed by atoms with van der Waals surface area (Å²) in [4.78, 5) is 77.0. The van der Waals surface area contributed by atoms with Gasteiger partial charge in [0.1, 0.15) is 22.4 Å². The Bertz CT molecular complexity index is 3740.